The van der Waals surface area contributed by atoms with Crippen molar-refractivity contribution in [3.63, 3.8) is 0 Å². The van der Waals surface area contributed by atoms with Crippen LogP contribution in [0.3, 0.4) is 0 Å². The molecule has 0 fully saturated rings. The van der Waals surface area contributed by atoms with E-state index in [0.717, 1.165) is 23.5 Å². The fourth-order valence-corrected chi connectivity index (χ4v) is 2.13. The molecule has 0 amide bonds. The Morgan fingerprint density at radius 1 is 0.840 bits per heavy atom. The number of phenols is 1. The molecule has 0 bridgehead atoms. The van der Waals surface area contributed by atoms with Gasteiger partial charge in [-0.25, -0.2) is 0 Å². The zero-order valence-corrected chi connectivity index (χ0v) is 14.9. The molecular weight excluding hydrogens is 312 g/mol. The topological polar surface area (TPSA) is 38.7 Å². The maximum Gasteiger partial charge on any atom is 0.119 e. The highest BCUT2D eigenvalue weighted by Gasteiger charge is 1.96. The minimum Gasteiger partial charge on any atom is -0.508 e. The van der Waals surface area contributed by atoms with Crippen molar-refractivity contribution in [2.45, 2.75) is 13.8 Å². The van der Waals surface area contributed by atoms with Crippen LogP contribution < -0.4 is 4.74 Å². The first-order chi connectivity index (χ1) is 12.1. The van der Waals surface area contributed by atoms with Crippen LogP contribution in [0.2, 0.25) is 0 Å². The summed E-state index contributed by atoms with van der Waals surface area (Å²) in [6.45, 7) is 6.21. The zero-order chi connectivity index (χ0) is 17.9. The number of hydrogen-bond acceptors (Lipinski definition) is 3. The van der Waals surface area contributed by atoms with Gasteiger partial charge in [0.2, 0.25) is 0 Å². The molecule has 1 N–H and O–H groups in total. The van der Waals surface area contributed by atoms with Gasteiger partial charge in [-0.05, 0) is 41.3 Å². The number of benzene rings is 2. The second-order valence-electron chi connectivity index (χ2n) is 6.20. The van der Waals surface area contributed by atoms with Crippen LogP contribution in [0.15, 0.2) is 60.7 Å². The minimum absolute atomic E-state index is 0.279. The molecule has 0 unspecified atom stereocenters. The van der Waals surface area contributed by atoms with Crippen molar-refractivity contribution >= 4 is 12.2 Å². The van der Waals surface area contributed by atoms with Gasteiger partial charge in [-0.1, -0.05) is 62.4 Å². The second kappa shape index (κ2) is 10.4. The summed E-state index contributed by atoms with van der Waals surface area (Å²) < 4.78 is 11.1. The van der Waals surface area contributed by atoms with Crippen molar-refractivity contribution in [3.8, 4) is 11.5 Å². The van der Waals surface area contributed by atoms with Crippen LogP contribution in [0.5, 0.6) is 11.5 Å². The summed E-state index contributed by atoms with van der Waals surface area (Å²) >= 11 is 0. The highest BCUT2D eigenvalue weighted by molar-refractivity contribution is 5.57. The Hall–Kier alpha value is -2.52. The summed E-state index contributed by atoms with van der Waals surface area (Å²) in [5.74, 6) is 1.68. The van der Waals surface area contributed by atoms with Crippen LogP contribution in [0, 0.1) is 5.92 Å². The third kappa shape index (κ3) is 7.73. The second-order valence-corrected chi connectivity index (χ2v) is 6.20. The fraction of sp³-hybridized carbons (Fsp3) is 0.273. The van der Waals surface area contributed by atoms with Crippen LogP contribution in [-0.4, -0.2) is 24.9 Å². The molecule has 0 heterocycles. The Labute approximate surface area is 150 Å². The monoisotopic (exact) mass is 338 g/mol. The predicted molar refractivity (Wildman–Crippen MR) is 104 cm³/mol. The van der Waals surface area contributed by atoms with Crippen LogP contribution in [0.25, 0.3) is 12.2 Å². The molecule has 25 heavy (non-hydrogen) atoms. The van der Waals surface area contributed by atoms with E-state index in [0.29, 0.717) is 19.1 Å². The molecule has 0 saturated heterocycles. The van der Waals surface area contributed by atoms with E-state index in [1.807, 2.05) is 60.7 Å². The van der Waals surface area contributed by atoms with Gasteiger partial charge in [0.05, 0.1) is 6.61 Å². The van der Waals surface area contributed by atoms with Gasteiger partial charge < -0.3 is 14.6 Å². The van der Waals surface area contributed by atoms with Crippen LogP contribution in [-0.2, 0) is 4.74 Å². The highest BCUT2D eigenvalue weighted by atomic mass is 16.5. The standard InChI is InChI=1S/C22H26O3/c1-18(2)17-24-15-16-25-22-13-9-20(10-14-22)6-4-3-5-19-7-11-21(23)12-8-19/h3-14,18,23H,15-17H2,1-2H3. The predicted octanol–water partition coefficient (Wildman–Crippen LogP) is 5.17. The minimum atomic E-state index is 0.279. The Morgan fingerprint density at radius 2 is 1.40 bits per heavy atom. The number of rotatable bonds is 9. The molecule has 0 atom stereocenters. The molecule has 0 aliphatic carbocycles. The molecule has 132 valence electrons. The molecule has 2 aromatic carbocycles. The normalized spacial score (nSPS) is 11.6. The lowest BCUT2D eigenvalue weighted by Crippen LogP contribution is -2.10. The van der Waals surface area contributed by atoms with Gasteiger partial charge in [0.1, 0.15) is 18.1 Å². The van der Waals surface area contributed by atoms with Crippen molar-refractivity contribution in [2.75, 3.05) is 19.8 Å². The average molecular weight is 338 g/mol. The smallest absolute Gasteiger partial charge is 0.119 e. The Morgan fingerprint density at radius 3 is 1.96 bits per heavy atom. The van der Waals surface area contributed by atoms with Crippen LogP contribution >= 0.6 is 0 Å². The molecule has 0 spiro atoms. The van der Waals surface area contributed by atoms with Gasteiger partial charge >= 0.3 is 0 Å². The summed E-state index contributed by atoms with van der Waals surface area (Å²) in [5, 5.41) is 9.25. The molecule has 3 nitrogen and oxygen atoms in total. The van der Waals surface area contributed by atoms with Crippen molar-refractivity contribution in [1.82, 2.24) is 0 Å². The first-order valence-electron chi connectivity index (χ1n) is 8.58. The lowest BCUT2D eigenvalue weighted by atomic mass is 10.2. The van der Waals surface area contributed by atoms with Gasteiger partial charge in [0, 0.05) is 6.61 Å². The van der Waals surface area contributed by atoms with Crippen LogP contribution in [0.4, 0.5) is 0 Å². The number of allylic oxidation sites excluding steroid dienone is 2. The molecule has 3 heteroatoms. The first kappa shape index (κ1) is 18.8. The van der Waals surface area contributed by atoms with Crippen molar-refractivity contribution in [1.29, 1.82) is 0 Å². The van der Waals surface area contributed by atoms with E-state index in [4.69, 9.17) is 9.47 Å². The molecule has 2 rings (SSSR count). The quantitative estimate of drug-likeness (QED) is 0.506. The Balaban J connectivity index is 1.74. The average Bonchev–Trinajstić information content (AvgIpc) is 2.61. The molecule has 0 radical (unpaired) electrons. The highest BCUT2D eigenvalue weighted by Crippen LogP contribution is 2.14. The summed E-state index contributed by atoms with van der Waals surface area (Å²) in [5.41, 5.74) is 2.16. The van der Waals surface area contributed by atoms with Gasteiger partial charge in [-0.3, -0.25) is 0 Å². The van der Waals surface area contributed by atoms with Crippen molar-refractivity contribution in [3.05, 3.63) is 71.8 Å². The van der Waals surface area contributed by atoms with E-state index in [2.05, 4.69) is 13.8 Å². The van der Waals surface area contributed by atoms with E-state index in [-0.39, 0.29) is 5.75 Å². The van der Waals surface area contributed by atoms with Crippen molar-refractivity contribution in [2.24, 2.45) is 5.92 Å². The van der Waals surface area contributed by atoms with Gasteiger partial charge in [0.25, 0.3) is 0 Å². The summed E-state index contributed by atoms with van der Waals surface area (Å²) in [7, 11) is 0. The third-order valence-corrected chi connectivity index (χ3v) is 3.41. The summed E-state index contributed by atoms with van der Waals surface area (Å²) in [4.78, 5) is 0. The molecule has 0 aliphatic rings. The number of hydrogen-bond donors (Lipinski definition) is 1. The van der Waals surface area contributed by atoms with Gasteiger partial charge in [-0.15, -0.1) is 0 Å². The van der Waals surface area contributed by atoms with E-state index in [1.165, 1.54) is 0 Å². The number of aromatic hydroxyl groups is 1. The largest absolute Gasteiger partial charge is 0.508 e. The summed E-state index contributed by atoms with van der Waals surface area (Å²) in [6.07, 6.45) is 7.99. The lowest BCUT2D eigenvalue weighted by molar-refractivity contribution is 0.0819. The van der Waals surface area contributed by atoms with Gasteiger partial charge in [0.15, 0.2) is 0 Å². The maximum absolute atomic E-state index is 9.25. The summed E-state index contributed by atoms with van der Waals surface area (Å²) in [6, 6.07) is 15.1. The van der Waals surface area contributed by atoms with E-state index in [1.54, 1.807) is 12.1 Å². The zero-order valence-electron chi connectivity index (χ0n) is 14.9. The molecular formula is C22H26O3. The van der Waals surface area contributed by atoms with E-state index in [9.17, 15) is 5.11 Å². The Kier molecular flexibility index (Phi) is 7.80. The van der Waals surface area contributed by atoms with E-state index < -0.39 is 0 Å². The molecule has 0 aliphatic heterocycles. The first-order valence-corrected chi connectivity index (χ1v) is 8.58. The maximum atomic E-state index is 9.25. The number of phenolic OH excluding ortho intramolecular Hbond substituents is 1. The SMILES string of the molecule is CC(C)COCCOc1ccc(C=CC=Cc2ccc(O)cc2)cc1. The Bertz CT molecular complexity index is 667. The van der Waals surface area contributed by atoms with Gasteiger partial charge in [-0.2, -0.15) is 0 Å². The van der Waals surface area contributed by atoms with Crippen molar-refractivity contribution < 1.29 is 14.6 Å². The van der Waals surface area contributed by atoms with Crippen LogP contribution in [0.1, 0.15) is 25.0 Å². The molecule has 0 saturated carbocycles. The van der Waals surface area contributed by atoms with E-state index >= 15 is 0 Å². The molecule has 0 aromatic heterocycles. The lowest BCUT2D eigenvalue weighted by Gasteiger charge is -2.08. The number of ether oxygens (including phenoxy) is 2. The fourth-order valence-electron chi connectivity index (χ4n) is 2.13. The molecule has 2 aromatic rings. The third-order valence-electron chi connectivity index (χ3n) is 3.41.